The summed E-state index contributed by atoms with van der Waals surface area (Å²) in [5.41, 5.74) is 0.430. The van der Waals surface area contributed by atoms with Gasteiger partial charge in [-0.15, -0.1) is 0 Å². The first-order valence-electron chi connectivity index (χ1n) is 11.4. The first-order chi connectivity index (χ1) is 16.5. The molecule has 2 N–H and O–H groups in total. The van der Waals surface area contributed by atoms with Crippen LogP contribution in [0.2, 0.25) is 0 Å². The number of H-pyrrole nitrogens is 1. The summed E-state index contributed by atoms with van der Waals surface area (Å²) in [4.78, 5) is 45.9. The number of aromatic nitrogens is 2. The van der Waals surface area contributed by atoms with Crippen LogP contribution in [-0.2, 0) is 4.79 Å². The number of fused-ring (bicyclic) bond motifs is 2. The van der Waals surface area contributed by atoms with Crippen LogP contribution in [0, 0.1) is 21.4 Å². The lowest BCUT2D eigenvalue weighted by molar-refractivity contribution is -0.385. The molecular formula is C24H26N4O6S. The Hall–Kier alpha value is -3.34. The minimum absolute atomic E-state index is 0.0572. The maximum atomic E-state index is 13.4. The number of rotatable bonds is 5. The van der Waals surface area contributed by atoms with Gasteiger partial charge in [-0.25, -0.2) is 4.98 Å². The summed E-state index contributed by atoms with van der Waals surface area (Å²) in [6, 6.07) is 2.81. The van der Waals surface area contributed by atoms with Crippen LogP contribution >= 0.6 is 11.8 Å². The lowest BCUT2D eigenvalue weighted by Gasteiger charge is -2.38. The highest BCUT2D eigenvalue weighted by Crippen LogP contribution is 2.51. The smallest absolute Gasteiger partial charge is 0.277 e. The Balaban J connectivity index is 1.75. The van der Waals surface area contributed by atoms with Crippen molar-refractivity contribution in [2.24, 2.45) is 11.3 Å². The van der Waals surface area contributed by atoms with E-state index < -0.39 is 16.4 Å². The van der Waals surface area contributed by atoms with Gasteiger partial charge in [-0.2, -0.15) is 0 Å². The summed E-state index contributed by atoms with van der Waals surface area (Å²) in [5.74, 6) is 0.963. The van der Waals surface area contributed by atoms with Crippen LogP contribution in [0.5, 0.6) is 11.5 Å². The van der Waals surface area contributed by atoms with E-state index >= 15 is 0 Å². The fourth-order valence-electron chi connectivity index (χ4n) is 4.85. The van der Waals surface area contributed by atoms with Crippen LogP contribution in [0.25, 0.3) is 0 Å². The van der Waals surface area contributed by atoms with Gasteiger partial charge in [0.15, 0.2) is 22.4 Å². The quantitative estimate of drug-likeness (QED) is 0.267. The monoisotopic (exact) mass is 498 g/mol. The number of nitrogens with zero attached hydrogens (tertiary/aromatic N) is 2. The molecular weight excluding hydrogens is 472 g/mol. The fraction of sp³-hybridized carbons (Fsp3) is 0.458. The van der Waals surface area contributed by atoms with Crippen molar-refractivity contribution in [1.29, 1.82) is 0 Å². The SMILES string of the molecule is CC(C)CSc1nc2c(c(=O)[nH]1)C(c1cc3c(cc1[N+](=O)[O-])OCO3)C1=C(CC(C)(C)CC1=O)N2. The molecule has 0 spiro atoms. The molecule has 5 rings (SSSR count). The third-order valence-electron chi connectivity index (χ3n) is 6.28. The predicted octanol–water partition coefficient (Wildman–Crippen LogP) is 4.36. The number of nitrogens with one attached hydrogen (secondary N) is 2. The van der Waals surface area contributed by atoms with Gasteiger partial charge >= 0.3 is 0 Å². The molecule has 11 heteroatoms. The van der Waals surface area contributed by atoms with Crippen molar-refractivity contribution in [3.8, 4) is 11.5 Å². The number of thioether (sulfide) groups is 1. The first-order valence-corrected chi connectivity index (χ1v) is 12.4. The topological polar surface area (TPSA) is 136 Å². The zero-order valence-electron chi connectivity index (χ0n) is 19.9. The number of benzene rings is 1. The van der Waals surface area contributed by atoms with Gasteiger partial charge < -0.3 is 19.8 Å². The average Bonchev–Trinajstić information content (AvgIpc) is 3.22. The summed E-state index contributed by atoms with van der Waals surface area (Å²) >= 11 is 1.43. The molecule has 0 saturated heterocycles. The van der Waals surface area contributed by atoms with E-state index in [1.807, 2.05) is 13.8 Å². The number of aromatic amines is 1. The average molecular weight is 499 g/mol. The molecule has 2 aliphatic heterocycles. The molecule has 1 aromatic heterocycles. The molecule has 0 amide bonds. The Morgan fingerprint density at radius 1 is 1.23 bits per heavy atom. The number of allylic oxidation sites excluding steroid dienone is 2. The summed E-state index contributed by atoms with van der Waals surface area (Å²) in [6.07, 6.45) is 0.816. The van der Waals surface area contributed by atoms with Crippen molar-refractivity contribution in [3.63, 3.8) is 0 Å². The molecule has 35 heavy (non-hydrogen) atoms. The molecule has 1 aromatic carbocycles. The predicted molar refractivity (Wildman–Crippen MR) is 130 cm³/mol. The largest absolute Gasteiger partial charge is 0.454 e. The van der Waals surface area contributed by atoms with Gasteiger partial charge in [0.05, 0.1) is 22.5 Å². The van der Waals surface area contributed by atoms with Crippen LogP contribution < -0.4 is 20.3 Å². The highest BCUT2D eigenvalue weighted by molar-refractivity contribution is 7.99. The van der Waals surface area contributed by atoms with E-state index in [-0.39, 0.29) is 47.0 Å². The molecule has 10 nitrogen and oxygen atoms in total. The maximum absolute atomic E-state index is 13.4. The van der Waals surface area contributed by atoms with Crippen LogP contribution in [0.3, 0.4) is 0 Å². The van der Waals surface area contributed by atoms with Crippen molar-refractivity contribution in [2.45, 2.75) is 51.6 Å². The lowest BCUT2D eigenvalue weighted by atomic mass is 9.69. The second-order valence-corrected chi connectivity index (χ2v) is 11.3. The molecule has 1 aliphatic carbocycles. The molecule has 0 radical (unpaired) electrons. The van der Waals surface area contributed by atoms with Gasteiger partial charge in [0.1, 0.15) is 5.82 Å². The molecule has 0 fully saturated rings. The Labute approximate surface area is 205 Å². The minimum Gasteiger partial charge on any atom is -0.454 e. The van der Waals surface area contributed by atoms with E-state index in [9.17, 15) is 19.7 Å². The third-order valence-corrected chi connectivity index (χ3v) is 7.58. The van der Waals surface area contributed by atoms with Crippen LogP contribution in [0.4, 0.5) is 11.5 Å². The summed E-state index contributed by atoms with van der Waals surface area (Å²) in [6.45, 7) is 8.09. The summed E-state index contributed by atoms with van der Waals surface area (Å²) in [5, 5.41) is 15.8. The van der Waals surface area contributed by atoms with Gasteiger partial charge in [0, 0.05) is 29.0 Å². The molecule has 2 aromatic rings. The Morgan fingerprint density at radius 2 is 1.94 bits per heavy atom. The molecule has 3 heterocycles. The van der Waals surface area contributed by atoms with E-state index in [0.29, 0.717) is 40.3 Å². The van der Waals surface area contributed by atoms with Crippen LogP contribution in [0.1, 0.15) is 57.6 Å². The van der Waals surface area contributed by atoms with Gasteiger partial charge in [-0.1, -0.05) is 39.5 Å². The summed E-state index contributed by atoms with van der Waals surface area (Å²) < 4.78 is 10.8. The molecule has 3 aliphatic rings. The highest BCUT2D eigenvalue weighted by Gasteiger charge is 2.45. The van der Waals surface area contributed by atoms with Gasteiger partial charge in [0.25, 0.3) is 11.2 Å². The number of carbonyl (C=O) groups excluding carboxylic acids is 1. The van der Waals surface area contributed by atoms with Gasteiger partial charge in [-0.05, 0) is 23.8 Å². The minimum atomic E-state index is -0.958. The van der Waals surface area contributed by atoms with Crippen LogP contribution in [-0.4, -0.2) is 33.2 Å². The molecule has 184 valence electrons. The Bertz CT molecular complexity index is 1350. The van der Waals surface area contributed by atoms with E-state index in [1.165, 1.54) is 23.9 Å². The van der Waals surface area contributed by atoms with E-state index in [2.05, 4.69) is 29.1 Å². The van der Waals surface area contributed by atoms with Gasteiger partial charge in [-0.3, -0.25) is 19.7 Å². The number of nitro benzene ring substituents is 1. The van der Waals surface area contributed by atoms with Crippen molar-refractivity contribution in [2.75, 3.05) is 17.9 Å². The van der Waals surface area contributed by atoms with E-state index in [1.54, 1.807) is 0 Å². The van der Waals surface area contributed by atoms with E-state index in [4.69, 9.17) is 9.47 Å². The molecule has 1 unspecified atom stereocenters. The van der Waals surface area contributed by atoms with Crippen molar-refractivity contribution < 1.29 is 19.2 Å². The second kappa shape index (κ2) is 8.40. The van der Waals surface area contributed by atoms with Gasteiger partial charge in [0.2, 0.25) is 6.79 Å². The number of anilines is 1. The standard InChI is InChI=1S/C24H26N4O6S/c1-11(2)9-35-23-26-21-20(22(30)27-23)18(19-13(25-21)7-24(3,4)8-15(19)29)12-5-16-17(34-10-33-16)6-14(12)28(31)32/h5-6,11,18H,7-10H2,1-4H3,(H2,25,26,27,30). The van der Waals surface area contributed by atoms with E-state index in [0.717, 1.165) is 5.75 Å². The van der Waals surface area contributed by atoms with Crippen molar-refractivity contribution >= 4 is 29.1 Å². The zero-order valence-corrected chi connectivity index (χ0v) is 20.7. The normalized spacial score (nSPS) is 19.9. The number of ether oxygens (including phenoxy) is 2. The number of nitro groups is 1. The lowest BCUT2D eigenvalue weighted by Crippen LogP contribution is -2.37. The number of hydrogen-bond acceptors (Lipinski definition) is 9. The van der Waals surface area contributed by atoms with Crippen molar-refractivity contribution in [1.82, 2.24) is 9.97 Å². The number of hydrogen-bond donors (Lipinski definition) is 2. The fourth-order valence-corrected chi connectivity index (χ4v) is 5.67. The summed E-state index contributed by atoms with van der Waals surface area (Å²) in [7, 11) is 0. The maximum Gasteiger partial charge on any atom is 0.277 e. The molecule has 0 saturated carbocycles. The first kappa shape index (κ1) is 23.4. The highest BCUT2D eigenvalue weighted by atomic mass is 32.2. The number of ketones is 1. The molecule has 1 atom stereocenters. The number of carbonyl (C=O) groups is 1. The Kier molecular flexibility index (Phi) is 5.62. The van der Waals surface area contributed by atoms with Crippen molar-refractivity contribution in [3.05, 3.63) is 55.0 Å². The third kappa shape index (κ3) is 4.18. The zero-order chi connectivity index (χ0) is 25.1. The van der Waals surface area contributed by atoms with Crippen LogP contribution in [0.15, 0.2) is 33.4 Å². The second-order valence-electron chi connectivity index (χ2n) is 10.3. The number of Topliss-reactive ketones (excluding diaryl/α,β-unsaturated/α-hetero) is 1. The molecule has 0 bridgehead atoms. The Morgan fingerprint density at radius 3 is 2.63 bits per heavy atom.